The van der Waals surface area contributed by atoms with E-state index < -0.39 is 34.8 Å². The summed E-state index contributed by atoms with van der Waals surface area (Å²) in [5.41, 5.74) is 0.718. The van der Waals surface area contributed by atoms with Gasteiger partial charge in [-0.15, -0.1) is 11.8 Å². The predicted molar refractivity (Wildman–Crippen MR) is 139 cm³/mol. The first-order valence-electron chi connectivity index (χ1n) is 12.8. The molecule has 1 amide bonds. The molecule has 3 aromatic rings. The Balaban J connectivity index is 1.65. The molecule has 1 aromatic heterocycles. The highest BCUT2D eigenvalue weighted by Gasteiger charge is 2.40. The van der Waals surface area contributed by atoms with Gasteiger partial charge in [0.05, 0.1) is 6.61 Å². The van der Waals surface area contributed by atoms with E-state index in [1.807, 2.05) is 29.3 Å². The zero-order valence-corrected chi connectivity index (χ0v) is 21.5. The number of nitrogens with zero attached hydrogens (tertiary/aromatic N) is 3. The Morgan fingerprint density at radius 1 is 1.03 bits per heavy atom. The number of hydrogen-bond donors (Lipinski definition) is 1. The summed E-state index contributed by atoms with van der Waals surface area (Å²) < 4.78 is 38.0. The molecule has 4 heterocycles. The van der Waals surface area contributed by atoms with Crippen LogP contribution in [-0.4, -0.2) is 40.4 Å². The minimum Gasteiger partial charge on any atom is -0.502 e. The molecule has 0 radical (unpaired) electrons. The van der Waals surface area contributed by atoms with Crippen LogP contribution in [0.1, 0.15) is 65.3 Å². The molecule has 1 unspecified atom stereocenters. The Morgan fingerprint density at radius 2 is 1.82 bits per heavy atom. The van der Waals surface area contributed by atoms with E-state index in [2.05, 4.69) is 0 Å². The second-order valence-electron chi connectivity index (χ2n) is 9.78. The molecule has 2 bridgehead atoms. The summed E-state index contributed by atoms with van der Waals surface area (Å²) in [4.78, 5) is 28.4. The molecule has 0 saturated heterocycles. The van der Waals surface area contributed by atoms with Gasteiger partial charge in [0.25, 0.3) is 5.91 Å². The number of aromatic hydroxyl groups is 1. The summed E-state index contributed by atoms with van der Waals surface area (Å²) in [6.07, 6.45) is 5.74. The maximum absolute atomic E-state index is 15.5. The highest BCUT2D eigenvalue weighted by Crippen LogP contribution is 2.47. The summed E-state index contributed by atoms with van der Waals surface area (Å²) >= 11 is 1.41. The summed E-state index contributed by atoms with van der Waals surface area (Å²) in [5, 5.41) is 12.6. The molecule has 0 aliphatic carbocycles. The molecule has 0 spiro atoms. The van der Waals surface area contributed by atoms with Crippen molar-refractivity contribution in [1.29, 1.82) is 0 Å². The van der Waals surface area contributed by atoms with Crippen molar-refractivity contribution in [3.63, 3.8) is 0 Å². The smallest absolute Gasteiger partial charge is 0.277 e. The average Bonchev–Trinajstić information content (AvgIpc) is 3.08. The third-order valence-corrected chi connectivity index (χ3v) is 8.56. The van der Waals surface area contributed by atoms with E-state index in [1.165, 1.54) is 28.7 Å². The van der Waals surface area contributed by atoms with E-state index in [-0.39, 0.29) is 29.4 Å². The number of amides is 1. The Kier molecular flexibility index (Phi) is 6.51. The largest absolute Gasteiger partial charge is 0.502 e. The van der Waals surface area contributed by atoms with Crippen LogP contribution in [0.4, 0.5) is 8.78 Å². The lowest BCUT2D eigenvalue weighted by Gasteiger charge is -2.44. The summed E-state index contributed by atoms with van der Waals surface area (Å²) in [6, 6.07) is 9.26. The van der Waals surface area contributed by atoms with Crippen LogP contribution < -0.4 is 15.2 Å². The number of pyridine rings is 1. The van der Waals surface area contributed by atoms with Crippen molar-refractivity contribution in [3.8, 4) is 11.5 Å². The normalized spacial score (nSPS) is 19.4. The van der Waals surface area contributed by atoms with Gasteiger partial charge in [-0.05, 0) is 24.5 Å². The zero-order chi connectivity index (χ0) is 26.4. The number of halogens is 2. The van der Waals surface area contributed by atoms with Crippen LogP contribution in [0.5, 0.6) is 11.5 Å². The topological polar surface area (TPSA) is 75.0 Å². The molecule has 2 aromatic carbocycles. The van der Waals surface area contributed by atoms with Crippen molar-refractivity contribution in [2.24, 2.45) is 0 Å². The van der Waals surface area contributed by atoms with Gasteiger partial charge in [0.15, 0.2) is 23.1 Å². The fourth-order valence-corrected chi connectivity index (χ4v) is 6.67. The van der Waals surface area contributed by atoms with Gasteiger partial charge in [-0.1, -0.05) is 37.5 Å². The van der Waals surface area contributed by atoms with Crippen LogP contribution in [0, 0.1) is 11.6 Å². The zero-order valence-electron chi connectivity index (χ0n) is 20.7. The first-order chi connectivity index (χ1) is 18.5. The Bertz CT molecular complexity index is 1480. The van der Waals surface area contributed by atoms with Crippen LogP contribution in [0.15, 0.2) is 52.3 Å². The van der Waals surface area contributed by atoms with Crippen molar-refractivity contribution < 1.29 is 23.4 Å². The fourth-order valence-electron chi connectivity index (χ4n) is 5.56. The molecule has 0 fully saturated rings. The van der Waals surface area contributed by atoms with Crippen molar-refractivity contribution in [3.05, 3.63) is 86.8 Å². The second-order valence-corrected chi connectivity index (χ2v) is 10.8. The van der Waals surface area contributed by atoms with Crippen molar-refractivity contribution in [1.82, 2.24) is 9.58 Å². The van der Waals surface area contributed by atoms with E-state index in [0.717, 1.165) is 48.6 Å². The number of thioether (sulfide) groups is 1. The molecular weight excluding hydrogens is 512 g/mol. The lowest BCUT2D eigenvalue weighted by atomic mass is 9.92. The number of rotatable bonds is 0. The number of aromatic nitrogens is 1. The maximum Gasteiger partial charge on any atom is 0.277 e. The molecule has 6 rings (SSSR count). The van der Waals surface area contributed by atoms with E-state index >= 15 is 4.39 Å². The first-order valence-corrected chi connectivity index (χ1v) is 13.8. The Hall–Kier alpha value is -3.53. The molecule has 10 heteroatoms. The van der Waals surface area contributed by atoms with Gasteiger partial charge < -0.3 is 14.7 Å². The number of carbonyl (C=O) groups is 1. The van der Waals surface area contributed by atoms with Gasteiger partial charge in [-0.2, -0.15) is 0 Å². The van der Waals surface area contributed by atoms with Crippen molar-refractivity contribution in [2.45, 2.75) is 48.8 Å². The van der Waals surface area contributed by atoms with Gasteiger partial charge in [-0.25, -0.2) is 8.78 Å². The van der Waals surface area contributed by atoms with Gasteiger partial charge in [0, 0.05) is 46.6 Å². The highest BCUT2D eigenvalue weighted by atomic mass is 32.2. The summed E-state index contributed by atoms with van der Waals surface area (Å²) in [6.45, 7) is 0.929. The number of fused-ring (bicyclic) bond motifs is 7. The maximum atomic E-state index is 15.5. The lowest BCUT2D eigenvalue weighted by Crippen LogP contribution is -2.55. The molecular formula is C28H27F2N3O4S. The number of hydrogen-bond acceptors (Lipinski definition) is 6. The molecule has 198 valence electrons. The molecule has 1 atom stereocenters. The molecule has 1 N–H and O–H groups in total. The van der Waals surface area contributed by atoms with E-state index in [4.69, 9.17) is 4.74 Å². The molecule has 38 heavy (non-hydrogen) atoms. The minimum absolute atomic E-state index is 0.121. The summed E-state index contributed by atoms with van der Waals surface area (Å²) in [5.74, 6) is -2.52. The monoisotopic (exact) mass is 539 g/mol. The summed E-state index contributed by atoms with van der Waals surface area (Å²) in [7, 11) is 0. The minimum atomic E-state index is -0.970. The van der Waals surface area contributed by atoms with E-state index in [9.17, 15) is 19.1 Å². The average molecular weight is 540 g/mol. The number of carbonyl (C=O) groups excluding carboxylic acids is 1. The SMILES string of the molecule is O=C1c2c(O)c(=O)ccn2N2CN1CCCCCCCOc1cc(F)c(F)c3c1C2c1ccccc1SC3. The standard InChI is InChI=1S/C28H27F2N3O4S/c29-19-14-21-23-18(24(19)30)15-38-22-9-5-4-8-17(22)25(23)33-16-31(11-6-2-1-3-7-13-37-21)28(36)26-27(35)20(34)10-12-32(26)33/h4-5,8-10,12,14,25,35H,1-3,6-7,11,13,15-16H2. The van der Waals surface area contributed by atoms with Crippen LogP contribution in [-0.2, 0) is 5.75 Å². The number of benzene rings is 2. The third kappa shape index (κ3) is 4.11. The van der Waals surface area contributed by atoms with Crippen molar-refractivity contribution >= 4 is 17.7 Å². The van der Waals surface area contributed by atoms with Crippen LogP contribution in [0.3, 0.4) is 0 Å². The van der Waals surface area contributed by atoms with Gasteiger partial charge in [0.2, 0.25) is 5.43 Å². The van der Waals surface area contributed by atoms with Crippen molar-refractivity contribution in [2.75, 3.05) is 24.8 Å². The van der Waals surface area contributed by atoms with Gasteiger partial charge >= 0.3 is 0 Å². The highest BCUT2D eigenvalue weighted by molar-refractivity contribution is 7.98. The molecule has 3 aliphatic heterocycles. The first kappa shape index (κ1) is 24.8. The lowest BCUT2D eigenvalue weighted by molar-refractivity contribution is 0.0675. The second kappa shape index (κ2) is 9.98. The van der Waals surface area contributed by atoms with Gasteiger partial charge in [-0.3, -0.25) is 19.3 Å². The van der Waals surface area contributed by atoms with E-state index in [1.54, 1.807) is 4.90 Å². The Labute approximate surface area is 222 Å². The number of ether oxygens (including phenoxy) is 1. The van der Waals surface area contributed by atoms with E-state index in [0.29, 0.717) is 18.7 Å². The molecule has 0 saturated carbocycles. The van der Waals surface area contributed by atoms with Crippen LogP contribution in [0.2, 0.25) is 0 Å². The van der Waals surface area contributed by atoms with Gasteiger partial charge in [0.1, 0.15) is 18.5 Å². The molecule has 3 aliphatic rings. The quantitative estimate of drug-likeness (QED) is 0.437. The fraction of sp³-hybridized carbons (Fsp3) is 0.357. The predicted octanol–water partition coefficient (Wildman–Crippen LogP) is 4.92. The molecule has 7 nitrogen and oxygen atoms in total. The third-order valence-electron chi connectivity index (χ3n) is 7.45. The Morgan fingerprint density at radius 3 is 2.68 bits per heavy atom. The van der Waals surface area contributed by atoms with Crippen LogP contribution >= 0.6 is 11.8 Å². The van der Waals surface area contributed by atoms with Crippen LogP contribution in [0.25, 0.3) is 0 Å².